The van der Waals surface area contributed by atoms with Crippen LogP contribution in [0.3, 0.4) is 0 Å². The molecule has 0 aliphatic heterocycles. The van der Waals surface area contributed by atoms with Crippen LogP contribution in [-0.4, -0.2) is 22.4 Å². The summed E-state index contributed by atoms with van der Waals surface area (Å²) in [6, 6.07) is 0. The van der Waals surface area contributed by atoms with Crippen LogP contribution >= 0.6 is 0 Å². The minimum atomic E-state index is -0.293. The molecule has 0 unspecified atom stereocenters. The first-order valence-corrected chi connectivity index (χ1v) is 9.34. The molecule has 0 amide bonds. The molecular formula is C19H32O2. The van der Waals surface area contributed by atoms with E-state index in [2.05, 4.69) is 13.8 Å². The summed E-state index contributed by atoms with van der Waals surface area (Å²) >= 11 is 0. The van der Waals surface area contributed by atoms with Crippen molar-refractivity contribution in [2.24, 2.45) is 34.5 Å². The van der Waals surface area contributed by atoms with Gasteiger partial charge < -0.3 is 10.2 Å². The molecule has 2 heteroatoms. The van der Waals surface area contributed by atoms with E-state index in [1.54, 1.807) is 0 Å². The molecule has 21 heavy (non-hydrogen) atoms. The van der Waals surface area contributed by atoms with Gasteiger partial charge in [-0.1, -0.05) is 26.7 Å². The van der Waals surface area contributed by atoms with Gasteiger partial charge in [-0.3, -0.25) is 0 Å². The Bertz CT molecular complexity index is 422. The van der Waals surface area contributed by atoms with E-state index in [9.17, 15) is 10.2 Å². The van der Waals surface area contributed by atoms with Crippen LogP contribution in [0.5, 0.6) is 0 Å². The van der Waals surface area contributed by atoms with Crippen LogP contribution in [-0.2, 0) is 0 Å². The Kier molecular flexibility index (Phi) is 3.25. The molecule has 0 radical (unpaired) electrons. The van der Waals surface area contributed by atoms with Gasteiger partial charge in [-0.15, -0.1) is 0 Å². The van der Waals surface area contributed by atoms with Gasteiger partial charge in [0.1, 0.15) is 0 Å². The summed E-state index contributed by atoms with van der Waals surface area (Å²) in [4.78, 5) is 0. The first-order valence-electron chi connectivity index (χ1n) is 9.34. The molecule has 4 fully saturated rings. The van der Waals surface area contributed by atoms with Crippen molar-refractivity contribution in [3.8, 4) is 0 Å². The minimum absolute atomic E-state index is 0.223. The highest BCUT2D eigenvalue weighted by molar-refractivity contribution is 5.11. The number of rotatable bonds is 0. The topological polar surface area (TPSA) is 40.5 Å². The minimum Gasteiger partial charge on any atom is -0.392 e. The summed E-state index contributed by atoms with van der Waals surface area (Å²) < 4.78 is 0. The van der Waals surface area contributed by atoms with Gasteiger partial charge in [-0.05, 0) is 74.0 Å². The molecule has 2 N–H and O–H groups in total. The van der Waals surface area contributed by atoms with E-state index >= 15 is 0 Å². The van der Waals surface area contributed by atoms with E-state index < -0.39 is 0 Å². The van der Waals surface area contributed by atoms with Crippen molar-refractivity contribution in [3.63, 3.8) is 0 Å². The molecule has 0 aromatic rings. The Morgan fingerprint density at radius 3 is 2.43 bits per heavy atom. The van der Waals surface area contributed by atoms with E-state index in [-0.39, 0.29) is 17.6 Å². The molecule has 0 aromatic heterocycles. The van der Waals surface area contributed by atoms with Gasteiger partial charge in [0.25, 0.3) is 0 Å². The van der Waals surface area contributed by atoms with E-state index in [4.69, 9.17) is 0 Å². The van der Waals surface area contributed by atoms with E-state index in [1.807, 2.05) is 0 Å². The smallest absolute Gasteiger partial charge is 0.0624 e. The van der Waals surface area contributed by atoms with Gasteiger partial charge in [0.2, 0.25) is 0 Å². The maximum Gasteiger partial charge on any atom is 0.0624 e. The molecule has 0 spiro atoms. The zero-order chi connectivity index (χ0) is 14.8. The number of aliphatic hydroxyl groups is 2. The van der Waals surface area contributed by atoms with E-state index in [0.29, 0.717) is 17.3 Å². The molecule has 0 aromatic carbocycles. The van der Waals surface area contributed by atoms with Crippen LogP contribution < -0.4 is 0 Å². The van der Waals surface area contributed by atoms with Crippen LogP contribution in [0.25, 0.3) is 0 Å². The summed E-state index contributed by atoms with van der Waals surface area (Å²) in [5, 5.41) is 21.4. The lowest BCUT2D eigenvalue weighted by molar-refractivity contribution is -0.174. The third-order valence-electron chi connectivity index (χ3n) is 8.64. The van der Waals surface area contributed by atoms with Crippen molar-refractivity contribution >= 4 is 0 Å². The Hall–Kier alpha value is -0.0800. The van der Waals surface area contributed by atoms with Gasteiger partial charge in [-0.25, -0.2) is 0 Å². The fraction of sp³-hybridized carbons (Fsp3) is 1.00. The van der Waals surface area contributed by atoms with Gasteiger partial charge in [0.15, 0.2) is 0 Å². The van der Waals surface area contributed by atoms with Crippen molar-refractivity contribution in [2.45, 2.75) is 83.8 Å². The molecule has 4 aliphatic carbocycles. The van der Waals surface area contributed by atoms with Crippen molar-refractivity contribution < 1.29 is 10.2 Å². The Morgan fingerprint density at radius 1 is 0.810 bits per heavy atom. The lowest BCUT2D eigenvalue weighted by Gasteiger charge is -2.61. The largest absolute Gasteiger partial charge is 0.392 e. The lowest BCUT2D eigenvalue weighted by atomic mass is 9.44. The molecule has 4 aliphatic rings. The zero-order valence-electron chi connectivity index (χ0n) is 13.7. The van der Waals surface area contributed by atoms with Crippen LogP contribution in [0.1, 0.15) is 71.6 Å². The highest BCUT2D eigenvalue weighted by Crippen LogP contribution is 2.66. The predicted octanol–water partition coefficient (Wildman–Crippen LogP) is 3.75. The third-order valence-corrected chi connectivity index (χ3v) is 8.64. The van der Waals surface area contributed by atoms with Crippen molar-refractivity contribution in [1.82, 2.24) is 0 Å². The fourth-order valence-corrected chi connectivity index (χ4v) is 7.25. The van der Waals surface area contributed by atoms with Crippen molar-refractivity contribution in [2.75, 3.05) is 0 Å². The van der Waals surface area contributed by atoms with Gasteiger partial charge >= 0.3 is 0 Å². The Balaban J connectivity index is 1.69. The Labute approximate surface area is 129 Å². The number of aliphatic hydroxyl groups excluding tert-OH is 2. The average Bonchev–Trinajstić information content (AvgIpc) is 2.77. The number of hydrogen-bond acceptors (Lipinski definition) is 2. The maximum atomic E-state index is 10.9. The molecule has 2 nitrogen and oxygen atoms in total. The first-order chi connectivity index (χ1) is 9.98. The van der Waals surface area contributed by atoms with Crippen molar-refractivity contribution in [3.05, 3.63) is 0 Å². The molecule has 0 bridgehead atoms. The summed E-state index contributed by atoms with van der Waals surface area (Å²) in [5.74, 6) is 2.92. The van der Waals surface area contributed by atoms with Crippen LogP contribution in [0.15, 0.2) is 0 Å². The molecule has 4 rings (SSSR count). The second-order valence-electron chi connectivity index (χ2n) is 9.11. The maximum absolute atomic E-state index is 10.9. The van der Waals surface area contributed by atoms with Crippen LogP contribution in [0.2, 0.25) is 0 Å². The lowest BCUT2D eigenvalue weighted by Crippen LogP contribution is -2.58. The third kappa shape index (κ3) is 1.78. The predicted molar refractivity (Wildman–Crippen MR) is 83.7 cm³/mol. The summed E-state index contributed by atoms with van der Waals surface area (Å²) in [7, 11) is 0. The summed E-state index contributed by atoms with van der Waals surface area (Å²) in [6.07, 6.45) is 10.8. The normalized spacial score (nSPS) is 60.0. The molecule has 0 heterocycles. The monoisotopic (exact) mass is 292 g/mol. The number of fused-ring (bicyclic) bond motifs is 5. The molecule has 8 atom stereocenters. The summed E-state index contributed by atoms with van der Waals surface area (Å²) in [5.41, 5.74) is 0.246. The van der Waals surface area contributed by atoms with Crippen LogP contribution in [0.4, 0.5) is 0 Å². The quantitative estimate of drug-likeness (QED) is 0.714. The zero-order valence-corrected chi connectivity index (χ0v) is 13.7. The second kappa shape index (κ2) is 4.71. The Morgan fingerprint density at radius 2 is 1.62 bits per heavy atom. The first kappa shape index (κ1) is 14.5. The van der Waals surface area contributed by atoms with E-state index in [0.717, 1.165) is 31.1 Å². The fourth-order valence-electron chi connectivity index (χ4n) is 7.25. The highest BCUT2D eigenvalue weighted by Gasteiger charge is 2.62. The van der Waals surface area contributed by atoms with Gasteiger partial charge in [-0.2, -0.15) is 0 Å². The molecule has 120 valence electrons. The molecule has 4 saturated carbocycles. The number of hydrogen-bond donors (Lipinski definition) is 2. The van der Waals surface area contributed by atoms with Crippen molar-refractivity contribution in [1.29, 1.82) is 0 Å². The van der Waals surface area contributed by atoms with Crippen LogP contribution in [0, 0.1) is 34.5 Å². The standard InChI is InChI=1S/C19H32O2/c1-18-10-4-3-5-12(18)6-7-13-14-8-9-16(20)19(14,2)17(21)11-15(13)18/h12-17,20-21H,3-11H2,1-2H3/t12-,13+,14+,15+,16-,17-,18+,19+/m1/s1. The van der Waals surface area contributed by atoms with E-state index in [1.165, 1.54) is 38.5 Å². The second-order valence-corrected chi connectivity index (χ2v) is 9.11. The molecular weight excluding hydrogens is 260 g/mol. The average molecular weight is 292 g/mol. The van der Waals surface area contributed by atoms with Gasteiger partial charge in [0, 0.05) is 5.41 Å². The molecule has 0 saturated heterocycles. The van der Waals surface area contributed by atoms with Gasteiger partial charge in [0.05, 0.1) is 12.2 Å². The SMILES string of the molecule is C[C@]12CCCC[C@@H]1CC[C@@H]1[C@@H]2C[C@@H](O)[C@]2(C)[C@H](O)CC[C@@H]12. The highest BCUT2D eigenvalue weighted by atomic mass is 16.3. The summed E-state index contributed by atoms with van der Waals surface area (Å²) in [6.45, 7) is 4.71.